The number of rotatable bonds is 4. The minimum absolute atomic E-state index is 0. The summed E-state index contributed by atoms with van der Waals surface area (Å²) in [6, 6.07) is 10.7. The molecule has 1 amide bonds. The van der Waals surface area contributed by atoms with Crippen molar-refractivity contribution in [1.29, 1.82) is 0 Å². The van der Waals surface area contributed by atoms with E-state index in [-0.39, 0.29) is 24.7 Å². The van der Waals surface area contributed by atoms with E-state index in [4.69, 9.17) is 0 Å². The summed E-state index contributed by atoms with van der Waals surface area (Å²) in [5.74, 6) is -0.284. The summed E-state index contributed by atoms with van der Waals surface area (Å²) in [5, 5.41) is 14.8. The highest BCUT2D eigenvalue weighted by Gasteiger charge is 2.30. The molecule has 0 atom stereocenters. The van der Waals surface area contributed by atoms with E-state index in [1.807, 2.05) is 12.1 Å². The van der Waals surface area contributed by atoms with Crippen LogP contribution in [0.1, 0.15) is 37.6 Å². The third-order valence-corrected chi connectivity index (χ3v) is 5.49. The standard InChI is InChI=1S/C20H17F3N4OS.ClH/c21-20(22,23)16-3-1-2-12(8-16)9-17-26-27-19(29-17)25-18(28)14-4-5-15-11-24-7-6-13(15)10-14;/h1-5,8,10,24H,6-7,9,11H2,(H,25,27,28);1H. The lowest BCUT2D eigenvalue weighted by molar-refractivity contribution is -0.137. The van der Waals surface area contributed by atoms with Crippen LogP contribution in [-0.2, 0) is 25.6 Å². The van der Waals surface area contributed by atoms with E-state index in [1.54, 1.807) is 12.1 Å². The summed E-state index contributed by atoms with van der Waals surface area (Å²) in [6.45, 7) is 1.68. The third-order valence-electron chi connectivity index (χ3n) is 4.65. The molecule has 30 heavy (non-hydrogen) atoms. The number of carbonyl (C=O) groups excluding carboxylic acids is 1. The maximum Gasteiger partial charge on any atom is 0.416 e. The maximum absolute atomic E-state index is 12.8. The molecule has 1 aliphatic rings. The molecule has 0 radical (unpaired) electrons. The number of aromatic nitrogens is 2. The average Bonchev–Trinajstić information content (AvgIpc) is 3.13. The largest absolute Gasteiger partial charge is 0.416 e. The molecule has 0 spiro atoms. The van der Waals surface area contributed by atoms with Gasteiger partial charge in [-0.05, 0) is 47.9 Å². The topological polar surface area (TPSA) is 66.9 Å². The van der Waals surface area contributed by atoms with Gasteiger partial charge in [0.2, 0.25) is 5.13 Å². The molecule has 3 aromatic rings. The summed E-state index contributed by atoms with van der Waals surface area (Å²) in [5.41, 5.74) is 2.67. The number of hydrogen-bond donors (Lipinski definition) is 2. The van der Waals surface area contributed by atoms with Gasteiger partial charge in [0.05, 0.1) is 5.56 Å². The summed E-state index contributed by atoms with van der Waals surface area (Å²) < 4.78 is 38.5. The van der Waals surface area contributed by atoms with Crippen LogP contribution in [0.25, 0.3) is 0 Å². The van der Waals surface area contributed by atoms with Gasteiger partial charge >= 0.3 is 6.18 Å². The number of carbonyl (C=O) groups is 1. The Bertz CT molecular complexity index is 1050. The van der Waals surface area contributed by atoms with Crippen LogP contribution in [0, 0.1) is 0 Å². The highest BCUT2D eigenvalue weighted by molar-refractivity contribution is 7.15. The normalized spacial score (nSPS) is 13.3. The Hall–Kier alpha value is -2.49. The van der Waals surface area contributed by atoms with Gasteiger partial charge in [-0.25, -0.2) is 0 Å². The SMILES string of the molecule is Cl.O=C(Nc1nnc(Cc2cccc(C(F)(F)F)c2)s1)c1ccc2c(c1)CCNC2. The van der Waals surface area contributed by atoms with E-state index in [1.165, 1.54) is 11.6 Å². The van der Waals surface area contributed by atoms with Crippen LogP contribution in [0.2, 0.25) is 0 Å². The van der Waals surface area contributed by atoms with Crippen LogP contribution < -0.4 is 10.6 Å². The second kappa shape index (κ2) is 9.11. The quantitative estimate of drug-likeness (QED) is 0.610. The highest BCUT2D eigenvalue weighted by atomic mass is 35.5. The summed E-state index contributed by atoms with van der Waals surface area (Å²) in [6.07, 6.45) is -3.30. The fourth-order valence-corrected chi connectivity index (χ4v) is 3.96. The summed E-state index contributed by atoms with van der Waals surface area (Å²) in [7, 11) is 0. The van der Waals surface area contributed by atoms with Crippen molar-refractivity contribution in [1.82, 2.24) is 15.5 Å². The van der Waals surface area contributed by atoms with Gasteiger partial charge in [0, 0.05) is 18.5 Å². The first-order valence-corrected chi connectivity index (χ1v) is 9.82. The van der Waals surface area contributed by atoms with Gasteiger partial charge in [0.1, 0.15) is 5.01 Å². The van der Waals surface area contributed by atoms with Gasteiger partial charge < -0.3 is 5.32 Å². The molecular weight excluding hydrogens is 437 g/mol. The van der Waals surface area contributed by atoms with Gasteiger partial charge in [-0.2, -0.15) is 13.2 Å². The van der Waals surface area contributed by atoms with Gasteiger partial charge in [0.25, 0.3) is 5.91 Å². The molecule has 2 heterocycles. The summed E-state index contributed by atoms with van der Waals surface area (Å²) >= 11 is 1.15. The number of anilines is 1. The summed E-state index contributed by atoms with van der Waals surface area (Å²) in [4.78, 5) is 12.5. The minimum Gasteiger partial charge on any atom is -0.312 e. The van der Waals surface area contributed by atoms with Crippen LogP contribution in [0.15, 0.2) is 42.5 Å². The van der Waals surface area contributed by atoms with E-state index in [2.05, 4.69) is 20.8 Å². The van der Waals surface area contributed by atoms with E-state index >= 15 is 0 Å². The minimum atomic E-state index is -4.39. The Morgan fingerprint density at radius 3 is 2.77 bits per heavy atom. The molecule has 0 saturated carbocycles. The zero-order chi connectivity index (χ0) is 20.4. The molecule has 0 bridgehead atoms. The molecule has 0 aliphatic carbocycles. The monoisotopic (exact) mass is 454 g/mol. The molecular formula is C20H18ClF3N4OS. The van der Waals surface area contributed by atoms with Crippen molar-refractivity contribution in [2.75, 3.05) is 11.9 Å². The first-order valence-electron chi connectivity index (χ1n) is 9.01. The number of amides is 1. The lowest BCUT2D eigenvalue weighted by atomic mass is 9.98. The molecule has 2 aromatic carbocycles. The zero-order valence-electron chi connectivity index (χ0n) is 15.6. The van der Waals surface area contributed by atoms with Crippen molar-refractivity contribution in [2.45, 2.75) is 25.6 Å². The Kier molecular flexibility index (Phi) is 6.74. The molecule has 1 aliphatic heterocycles. The fraction of sp³-hybridized carbons (Fsp3) is 0.250. The Morgan fingerprint density at radius 1 is 1.13 bits per heavy atom. The van der Waals surface area contributed by atoms with Crippen LogP contribution in [0.4, 0.5) is 18.3 Å². The molecule has 158 valence electrons. The van der Waals surface area contributed by atoms with E-state index in [0.29, 0.717) is 21.3 Å². The van der Waals surface area contributed by atoms with Crippen LogP contribution in [0.3, 0.4) is 0 Å². The molecule has 0 fully saturated rings. The Labute approximate surface area is 181 Å². The molecule has 4 rings (SSSR count). The molecule has 5 nitrogen and oxygen atoms in total. The highest BCUT2D eigenvalue weighted by Crippen LogP contribution is 2.30. The van der Waals surface area contributed by atoms with Gasteiger partial charge in [-0.3, -0.25) is 10.1 Å². The van der Waals surface area contributed by atoms with Crippen LogP contribution in [0.5, 0.6) is 0 Å². The van der Waals surface area contributed by atoms with Gasteiger partial charge in [-0.15, -0.1) is 22.6 Å². The Balaban J connectivity index is 0.00000256. The van der Waals surface area contributed by atoms with Crippen molar-refractivity contribution < 1.29 is 18.0 Å². The smallest absolute Gasteiger partial charge is 0.312 e. The van der Waals surface area contributed by atoms with Crippen molar-refractivity contribution in [3.8, 4) is 0 Å². The number of benzene rings is 2. The maximum atomic E-state index is 12.8. The number of hydrogen-bond acceptors (Lipinski definition) is 5. The molecule has 0 unspecified atom stereocenters. The van der Waals surface area contributed by atoms with Crippen molar-refractivity contribution >= 4 is 34.8 Å². The molecule has 0 saturated heterocycles. The number of fused-ring (bicyclic) bond motifs is 1. The first kappa shape index (κ1) is 22.2. The number of alkyl halides is 3. The second-order valence-electron chi connectivity index (χ2n) is 6.74. The third kappa shape index (κ3) is 5.16. The molecule has 1 aromatic heterocycles. The van der Waals surface area contributed by atoms with Crippen molar-refractivity contribution in [2.24, 2.45) is 0 Å². The number of nitrogens with one attached hydrogen (secondary N) is 2. The van der Waals surface area contributed by atoms with E-state index in [9.17, 15) is 18.0 Å². The van der Waals surface area contributed by atoms with E-state index in [0.717, 1.165) is 48.5 Å². The molecule has 10 heteroatoms. The number of nitrogens with zero attached hydrogens (tertiary/aromatic N) is 2. The fourth-order valence-electron chi connectivity index (χ4n) is 3.20. The predicted octanol–water partition coefficient (Wildman–Crippen LogP) is 4.47. The molecule has 2 N–H and O–H groups in total. The lowest BCUT2D eigenvalue weighted by Crippen LogP contribution is -2.24. The average molecular weight is 455 g/mol. The van der Waals surface area contributed by atoms with E-state index < -0.39 is 11.7 Å². The van der Waals surface area contributed by atoms with Gasteiger partial charge in [0.15, 0.2) is 0 Å². The first-order chi connectivity index (χ1) is 13.9. The van der Waals surface area contributed by atoms with Crippen LogP contribution >= 0.6 is 23.7 Å². The van der Waals surface area contributed by atoms with Crippen molar-refractivity contribution in [3.63, 3.8) is 0 Å². The van der Waals surface area contributed by atoms with Crippen LogP contribution in [-0.4, -0.2) is 22.6 Å². The second-order valence-corrected chi connectivity index (χ2v) is 7.80. The predicted molar refractivity (Wildman–Crippen MR) is 111 cm³/mol. The lowest BCUT2D eigenvalue weighted by Gasteiger charge is -2.17. The number of halogens is 4. The van der Waals surface area contributed by atoms with Gasteiger partial charge in [-0.1, -0.05) is 35.6 Å². The zero-order valence-corrected chi connectivity index (χ0v) is 17.3. The van der Waals surface area contributed by atoms with Crippen molar-refractivity contribution in [3.05, 3.63) is 75.3 Å². The Morgan fingerprint density at radius 2 is 1.97 bits per heavy atom.